The van der Waals surface area contributed by atoms with Crippen molar-refractivity contribution in [1.29, 1.82) is 0 Å². The number of benzene rings is 4. The minimum Gasteiger partial charge on any atom is -0.457 e. The Balaban J connectivity index is 1.15. The summed E-state index contributed by atoms with van der Waals surface area (Å²) in [5.74, 6) is 2.15. The zero-order chi connectivity index (χ0) is 26.4. The van der Waals surface area contributed by atoms with E-state index < -0.39 is 0 Å². The topological polar surface area (TPSA) is 99.8 Å². The first kappa shape index (κ1) is 24.4. The molecule has 2 heterocycles. The van der Waals surface area contributed by atoms with Crippen LogP contribution >= 0.6 is 11.8 Å². The van der Waals surface area contributed by atoms with E-state index in [4.69, 9.17) is 4.74 Å². The largest absolute Gasteiger partial charge is 0.457 e. The fourth-order valence-electron chi connectivity index (χ4n) is 4.06. The second-order valence-electron chi connectivity index (χ2n) is 8.58. The van der Waals surface area contributed by atoms with Gasteiger partial charge in [-0.2, -0.15) is 0 Å². The third-order valence-electron chi connectivity index (χ3n) is 5.88. The predicted octanol–water partition coefficient (Wildman–Crippen LogP) is 5.58. The van der Waals surface area contributed by atoms with Crippen LogP contribution in [0.25, 0.3) is 16.7 Å². The van der Waals surface area contributed by atoms with Crippen molar-refractivity contribution in [2.45, 2.75) is 11.7 Å². The number of ether oxygens (including phenoxy) is 1. The van der Waals surface area contributed by atoms with Crippen molar-refractivity contribution in [3.05, 3.63) is 115 Å². The van der Waals surface area contributed by atoms with E-state index in [1.54, 1.807) is 4.68 Å². The van der Waals surface area contributed by atoms with E-state index in [0.717, 1.165) is 22.5 Å². The average Bonchev–Trinajstić information content (AvgIpc) is 3.58. The van der Waals surface area contributed by atoms with Crippen LogP contribution in [0.5, 0.6) is 11.5 Å². The third-order valence-corrected chi connectivity index (χ3v) is 6.80. The molecule has 0 aliphatic carbocycles. The van der Waals surface area contributed by atoms with Gasteiger partial charge >= 0.3 is 0 Å². The summed E-state index contributed by atoms with van der Waals surface area (Å²) < 4.78 is 9.56. The van der Waals surface area contributed by atoms with Crippen molar-refractivity contribution < 1.29 is 9.53 Å². The van der Waals surface area contributed by atoms with E-state index in [9.17, 15) is 4.79 Å². The number of carbonyl (C=O) groups excluding carboxylic acids is 1. The molecule has 0 fully saturated rings. The van der Waals surface area contributed by atoms with Crippen LogP contribution in [0.1, 0.15) is 5.82 Å². The number of carbonyl (C=O) groups is 1. The first-order valence-electron chi connectivity index (χ1n) is 12.3. The Morgan fingerprint density at radius 3 is 2.26 bits per heavy atom. The Morgan fingerprint density at radius 2 is 1.46 bits per heavy atom. The van der Waals surface area contributed by atoms with Gasteiger partial charge in [-0.05, 0) is 60.7 Å². The van der Waals surface area contributed by atoms with Gasteiger partial charge in [-0.1, -0.05) is 65.5 Å². The maximum Gasteiger partial charge on any atom is 0.234 e. The lowest BCUT2D eigenvalue weighted by molar-refractivity contribution is -0.113. The Bertz CT molecular complexity index is 1700. The van der Waals surface area contributed by atoms with Crippen LogP contribution < -0.4 is 10.1 Å². The van der Waals surface area contributed by atoms with E-state index in [1.165, 1.54) is 11.8 Å². The summed E-state index contributed by atoms with van der Waals surface area (Å²) in [4.78, 5) is 12.8. The van der Waals surface area contributed by atoms with Crippen LogP contribution in [0.4, 0.5) is 5.69 Å². The van der Waals surface area contributed by atoms with E-state index in [-0.39, 0.29) is 11.7 Å². The maximum absolute atomic E-state index is 12.8. The molecule has 0 unspecified atom stereocenters. The number of aromatic nitrogens is 6. The second kappa shape index (κ2) is 11.2. The zero-order valence-electron chi connectivity index (χ0n) is 20.7. The highest BCUT2D eigenvalue weighted by Crippen LogP contribution is 2.25. The van der Waals surface area contributed by atoms with Gasteiger partial charge in [-0.15, -0.1) is 15.3 Å². The quantitative estimate of drug-likeness (QED) is 0.242. The standard InChI is InChI=1S/C29H23N7O2S/c37-28(30-21-15-17-24(18-16-21)38-23-11-5-2-6-12-23)20-39-29-33-32-27(36(29)22-9-3-1-4-10-22)19-35-26-14-8-7-13-25(26)31-34-35/h1-18H,19-20H2,(H,30,37). The lowest BCUT2D eigenvalue weighted by Crippen LogP contribution is -2.15. The summed E-state index contributed by atoms with van der Waals surface area (Å²) in [5, 5.41) is 20.9. The van der Waals surface area contributed by atoms with E-state index in [1.807, 2.05) is 114 Å². The van der Waals surface area contributed by atoms with Crippen molar-refractivity contribution in [1.82, 2.24) is 29.8 Å². The molecule has 6 aromatic rings. The third kappa shape index (κ3) is 5.65. The highest BCUT2D eigenvalue weighted by atomic mass is 32.2. The molecular weight excluding hydrogens is 510 g/mol. The van der Waals surface area contributed by atoms with Gasteiger partial charge < -0.3 is 10.1 Å². The molecule has 0 saturated heterocycles. The van der Waals surface area contributed by atoms with Gasteiger partial charge in [0.25, 0.3) is 0 Å². The predicted molar refractivity (Wildman–Crippen MR) is 150 cm³/mol. The van der Waals surface area contributed by atoms with Crippen LogP contribution in [0, 0.1) is 0 Å². The fourth-order valence-corrected chi connectivity index (χ4v) is 4.83. The molecule has 0 radical (unpaired) electrons. The molecule has 2 aromatic heterocycles. The number of amides is 1. The monoisotopic (exact) mass is 533 g/mol. The van der Waals surface area contributed by atoms with Crippen molar-refractivity contribution in [3.63, 3.8) is 0 Å². The van der Waals surface area contributed by atoms with E-state index >= 15 is 0 Å². The number of thioether (sulfide) groups is 1. The number of fused-ring (bicyclic) bond motifs is 1. The minimum absolute atomic E-state index is 0.150. The molecule has 9 nitrogen and oxygen atoms in total. The van der Waals surface area contributed by atoms with Gasteiger partial charge in [0.05, 0.1) is 11.3 Å². The summed E-state index contributed by atoms with van der Waals surface area (Å²) in [5.41, 5.74) is 3.31. The van der Waals surface area contributed by atoms with Gasteiger partial charge in [0.1, 0.15) is 23.6 Å². The Labute approximate surface area is 228 Å². The molecule has 6 rings (SSSR count). The Morgan fingerprint density at radius 1 is 0.769 bits per heavy atom. The summed E-state index contributed by atoms with van der Waals surface area (Å²) >= 11 is 1.32. The van der Waals surface area contributed by atoms with Crippen molar-refractivity contribution in [3.8, 4) is 17.2 Å². The average molecular weight is 534 g/mol. The van der Waals surface area contributed by atoms with E-state index in [0.29, 0.717) is 29.0 Å². The molecule has 192 valence electrons. The van der Waals surface area contributed by atoms with Gasteiger partial charge in [0.2, 0.25) is 5.91 Å². The van der Waals surface area contributed by atoms with Crippen LogP contribution in [-0.4, -0.2) is 41.4 Å². The van der Waals surface area contributed by atoms with Crippen LogP contribution in [0.15, 0.2) is 114 Å². The van der Waals surface area contributed by atoms with Crippen molar-refractivity contribution in [2.75, 3.05) is 11.1 Å². The van der Waals surface area contributed by atoms with Crippen LogP contribution in [-0.2, 0) is 11.3 Å². The summed E-state index contributed by atoms with van der Waals surface area (Å²) in [6.07, 6.45) is 0. The van der Waals surface area contributed by atoms with Crippen molar-refractivity contribution in [2.24, 2.45) is 0 Å². The molecule has 4 aromatic carbocycles. The maximum atomic E-state index is 12.8. The molecule has 0 spiro atoms. The fraction of sp³-hybridized carbons (Fsp3) is 0.0690. The number of nitrogens with zero attached hydrogens (tertiary/aromatic N) is 6. The SMILES string of the molecule is O=C(CSc1nnc(Cn2nnc3ccccc32)n1-c1ccccc1)Nc1ccc(Oc2ccccc2)cc1. The number of para-hydroxylation sites is 3. The number of hydrogen-bond donors (Lipinski definition) is 1. The van der Waals surface area contributed by atoms with Crippen LogP contribution in [0.2, 0.25) is 0 Å². The van der Waals surface area contributed by atoms with Gasteiger partial charge in [0.15, 0.2) is 11.0 Å². The van der Waals surface area contributed by atoms with Gasteiger partial charge in [-0.25, -0.2) is 4.68 Å². The smallest absolute Gasteiger partial charge is 0.234 e. The highest BCUT2D eigenvalue weighted by Gasteiger charge is 2.18. The number of rotatable bonds is 9. The number of anilines is 1. The lowest BCUT2D eigenvalue weighted by atomic mass is 10.3. The zero-order valence-corrected chi connectivity index (χ0v) is 21.5. The molecule has 39 heavy (non-hydrogen) atoms. The molecule has 0 aliphatic heterocycles. The summed E-state index contributed by atoms with van der Waals surface area (Å²) in [6.45, 7) is 0.382. The summed E-state index contributed by atoms with van der Waals surface area (Å²) in [7, 11) is 0. The minimum atomic E-state index is -0.150. The molecule has 10 heteroatoms. The number of nitrogens with one attached hydrogen (secondary N) is 1. The van der Waals surface area contributed by atoms with Crippen LogP contribution in [0.3, 0.4) is 0 Å². The van der Waals surface area contributed by atoms with E-state index in [2.05, 4.69) is 25.8 Å². The molecule has 0 bridgehead atoms. The molecule has 1 amide bonds. The molecular formula is C29H23N7O2S. The first-order chi connectivity index (χ1) is 19.2. The normalized spacial score (nSPS) is 11.0. The van der Waals surface area contributed by atoms with Gasteiger partial charge in [-0.3, -0.25) is 9.36 Å². The molecule has 0 atom stereocenters. The highest BCUT2D eigenvalue weighted by molar-refractivity contribution is 7.99. The first-order valence-corrected chi connectivity index (χ1v) is 13.2. The molecule has 1 N–H and O–H groups in total. The van der Waals surface area contributed by atoms with Crippen molar-refractivity contribution >= 4 is 34.4 Å². The summed E-state index contributed by atoms with van der Waals surface area (Å²) in [6, 6.07) is 34.4. The Kier molecular flexibility index (Phi) is 7.00. The lowest BCUT2D eigenvalue weighted by Gasteiger charge is -2.11. The number of hydrogen-bond acceptors (Lipinski definition) is 7. The molecule has 0 saturated carbocycles. The van der Waals surface area contributed by atoms with Gasteiger partial charge in [0, 0.05) is 11.4 Å². The second-order valence-corrected chi connectivity index (χ2v) is 9.52. The Hall–Kier alpha value is -4.96. The molecule has 0 aliphatic rings.